The molecule has 2 atom stereocenters. The number of alkyl halides is 1. The third kappa shape index (κ3) is 4.59. The van der Waals surface area contributed by atoms with Crippen LogP contribution in [0, 0.1) is 5.82 Å². The van der Waals surface area contributed by atoms with Gasteiger partial charge in [-0.2, -0.15) is 0 Å². The highest BCUT2D eigenvalue weighted by atomic mass is 32.2. The molecule has 1 N–H and O–H groups in total. The molecule has 1 aliphatic heterocycles. The van der Waals surface area contributed by atoms with E-state index in [9.17, 15) is 18.5 Å². The van der Waals surface area contributed by atoms with Gasteiger partial charge in [0, 0.05) is 37.2 Å². The lowest BCUT2D eigenvalue weighted by Gasteiger charge is -2.38. The maximum atomic E-state index is 15.1. The molecule has 0 saturated carbocycles. The van der Waals surface area contributed by atoms with E-state index in [0.29, 0.717) is 0 Å². The number of benzene rings is 1. The van der Waals surface area contributed by atoms with Gasteiger partial charge in [-0.1, -0.05) is 18.2 Å². The number of esters is 2. The van der Waals surface area contributed by atoms with Crippen molar-refractivity contribution in [3.05, 3.63) is 35.6 Å². The van der Waals surface area contributed by atoms with Crippen LogP contribution in [-0.2, 0) is 36.0 Å². The fourth-order valence-electron chi connectivity index (χ4n) is 2.81. The Labute approximate surface area is 159 Å². The van der Waals surface area contributed by atoms with Gasteiger partial charge in [0.15, 0.2) is 0 Å². The molecule has 1 aliphatic rings. The Morgan fingerprint density at radius 1 is 1.22 bits per heavy atom. The van der Waals surface area contributed by atoms with E-state index in [2.05, 4.69) is 4.72 Å². The van der Waals surface area contributed by atoms with Crippen molar-refractivity contribution < 1.29 is 32.4 Å². The average molecular weight is 403 g/mol. The zero-order valence-electron chi connectivity index (χ0n) is 15.6. The van der Waals surface area contributed by atoms with E-state index in [1.807, 2.05) is 0 Å². The number of hydrogen-bond donors (Lipinski definition) is 1. The summed E-state index contributed by atoms with van der Waals surface area (Å²) in [7, 11) is 0. The number of carbonyl (C=O) groups is 2. The van der Waals surface area contributed by atoms with Crippen LogP contribution in [0.15, 0.2) is 24.3 Å². The van der Waals surface area contributed by atoms with Crippen LogP contribution in [0.4, 0.5) is 8.78 Å². The first kappa shape index (κ1) is 21.6. The van der Waals surface area contributed by atoms with E-state index >= 15 is 4.39 Å². The Balaban J connectivity index is 2.30. The molecule has 0 aromatic heterocycles. The molecule has 6 nitrogen and oxygen atoms in total. The maximum absolute atomic E-state index is 15.1. The Morgan fingerprint density at radius 2 is 1.78 bits per heavy atom. The van der Waals surface area contributed by atoms with Crippen LogP contribution in [0.2, 0.25) is 0 Å². The quantitative estimate of drug-likeness (QED) is 0.428. The Hall–Kier alpha value is -1.71. The summed E-state index contributed by atoms with van der Waals surface area (Å²) in [6.07, 6.45) is -0.833. The van der Waals surface area contributed by atoms with Crippen LogP contribution < -0.4 is 4.72 Å². The predicted octanol–water partition coefficient (Wildman–Crippen LogP) is 2.64. The summed E-state index contributed by atoms with van der Waals surface area (Å²) >= 11 is -1.53. The Kier molecular flexibility index (Phi) is 6.18. The molecule has 1 fully saturated rings. The van der Waals surface area contributed by atoms with Crippen molar-refractivity contribution in [3.63, 3.8) is 0 Å². The van der Waals surface area contributed by atoms with Crippen LogP contribution in [0.3, 0.4) is 0 Å². The average Bonchev–Trinajstić information content (AvgIpc) is 2.57. The van der Waals surface area contributed by atoms with Crippen molar-refractivity contribution in [2.24, 2.45) is 0 Å². The highest BCUT2D eigenvalue weighted by Crippen LogP contribution is 2.37. The lowest BCUT2D eigenvalue weighted by molar-refractivity contribution is -0.253. The molecule has 2 rings (SSSR count). The van der Waals surface area contributed by atoms with Gasteiger partial charge in [-0.3, -0.25) is 0 Å². The zero-order valence-corrected chi connectivity index (χ0v) is 16.5. The largest absolute Gasteiger partial charge is 0.598 e. The van der Waals surface area contributed by atoms with Crippen molar-refractivity contribution in [1.29, 1.82) is 0 Å². The fourth-order valence-corrected chi connectivity index (χ4v) is 3.67. The van der Waals surface area contributed by atoms with Crippen LogP contribution in [-0.4, -0.2) is 33.7 Å². The van der Waals surface area contributed by atoms with Crippen molar-refractivity contribution in [2.75, 3.05) is 5.75 Å². The molecular formula is C18H23F2NO5S. The molecule has 27 heavy (non-hydrogen) atoms. The summed E-state index contributed by atoms with van der Waals surface area (Å²) in [5.41, 5.74) is -4.16. The minimum atomic E-state index is -3.02. The number of rotatable bonds is 7. The van der Waals surface area contributed by atoms with E-state index in [1.165, 1.54) is 39.0 Å². The summed E-state index contributed by atoms with van der Waals surface area (Å²) in [6, 6.07) is 5.77. The van der Waals surface area contributed by atoms with E-state index < -0.39 is 52.5 Å². The monoisotopic (exact) mass is 403 g/mol. The normalized spacial score (nSPS) is 21.7. The van der Waals surface area contributed by atoms with Gasteiger partial charge in [-0.05, 0) is 26.3 Å². The van der Waals surface area contributed by atoms with E-state index in [4.69, 9.17) is 9.47 Å². The number of ether oxygens (including phenoxy) is 2. The molecular weight excluding hydrogens is 380 g/mol. The molecule has 9 heteroatoms. The van der Waals surface area contributed by atoms with Gasteiger partial charge >= 0.3 is 17.6 Å². The third-order valence-electron chi connectivity index (χ3n) is 4.36. The van der Waals surface area contributed by atoms with Gasteiger partial charge in [-0.15, -0.1) is 4.72 Å². The molecule has 1 aromatic carbocycles. The van der Waals surface area contributed by atoms with Gasteiger partial charge in [0.1, 0.15) is 11.6 Å². The van der Waals surface area contributed by atoms with E-state index in [1.54, 1.807) is 13.0 Å². The van der Waals surface area contributed by atoms with Gasteiger partial charge in [-0.25, -0.2) is 18.4 Å². The van der Waals surface area contributed by atoms with Gasteiger partial charge < -0.3 is 14.0 Å². The minimum Gasteiger partial charge on any atom is -0.598 e. The maximum Gasteiger partial charge on any atom is 0.359 e. The number of cyclic esters (lactones) is 2. The van der Waals surface area contributed by atoms with Crippen LogP contribution in [0.1, 0.15) is 46.1 Å². The standard InChI is InChI=1S/C18H23F2NO5S/c1-5-27(24)21-17(4,12-8-6-7-9-13(12)19)10-11-18(20)14(22)25-16(2,3)26-15(18)23/h6-9,21H,5,10-11H2,1-4H3/t17-,27+/m0/s1. The first-order chi connectivity index (χ1) is 12.4. The molecule has 0 unspecified atom stereocenters. The predicted molar refractivity (Wildman–Crippen MR) is 94.9 cm³/mol. The molecule has 0 amide bonds. The second-order valence-corrected chi connectivity index (χ2v) is 8.50. The summed E-state index contributed by atoms with van der Waals surface area (Å²) in [6.45, 7) is 5.83. The number of carbonyl (C=O) groups excluding carboxylic acids is 2. The molecule has 0 radical (unpaired) electrons. The molecule has 150 valence electrons. The second-order valence-electron chi connectivity index (χ2n) is 7.03. The van der Waals surface area contributed by atoms with Crippen molar-refractivity contribution >= 4 is 23.3 Å². The summed E-state index contributed by atoms with van der Waals surface area (Å²) in [5, 5.41) is 0. The molecule has 1 heterocycles. The Morgan fingerprint density at radius 3 is 2.30 bits per heavy atom. The van der Waals surface area contributed by atoms with E-state index in [-0.39, 0.29) is 17.7 Å². The molecule has 1 saturated heterocycles. The highest BCUT2D eigenvalue weighted by molar-refractivity contribution is 7.89. The zero-order chi connectivity index (χ0) is 20.5. The first-order valence-electron chi connectivity index (χ1n) is 8.50. The summed E-state index contributed by atoms with van der Waals surface area (Å²) in [4.78, 5) is 24.2. The lowest BCUT2D eigenvalue weighted by Crippen LogP contribution is -2.57. The molecule has 0 aliphatic carbocycles. The number of hydrogen-bond acceptors (Lipinski definition) is 6. The fraction of sp³-hybridized carbons (Fsp3) is 0.556. The van der Waals surface area contributed by atoms with E-state index in [0.717, 1.165) is 0 Å². The Bertz CT molecular complexity index is 709. The smallest absolute Gasteiger partial charge is 0.359 e. The van der Waals surface area contributed by atoms with Crippen LogP contribution >= 0.6 is 0 Å². The van der Waals surface area contributed by atoms with Crippen molar-refractivity contribution in [3.8, 4) is 0 Å². The summed E-state index contributed by atoms with van der Waals surface area (Å²) in [5.74, 6) is -4.60. The number of nitrogens with one attached hydrogen (secondary N) is 1. The first-order valence-corrected chi connectivity index (χ1v) is 9.82. The molecule has 1 aromatic rings. The van der Waals surface area contributed by atoms with Gasteiger partial charge in [0.25, 0.3) is 5.79 Å². The summed E-state index contributed by atoms with van der Waals surface area (Å²) < 4.78 is 54.0. The second kappa shape index (κ2) is 7.73. The van der Waals surface area contributed by atoms with Crippen molar-refractivity contribution in [2.45, 2.75) is 57.5 Å². The third-order valence-corrected chi connectivity index (χ3v) is 5.57. The van der Waals surface area contributed by atoms with Crippen LogP contribution in [0.5, 0.6) is 0 Å². The molecule has 0 bridgehead atoms. The number of halogens is 2. The molecule has 0 spiro atoms. The lowest BCUT2D eigenvalue weighted by atomic mass is 9.84. The van der Waals surface area contributed by atoms with Gasteiger partial charge in [0.05, 0.1) is 5.54 Å². The van der Waals surface area contributed by atoms with Crippen molar-refractivity contribution in [1.82, 2.24) is 4.72 Å². The highest BCUT2D eigenvalue weighted by Gasteiger charge is 2.58. The minimum absolute atomic E-state index is 0.147. The topological polar surface area (TPSA) is 87.7 Å². The van der Waals surface area contributed by atoms with Crippen LogP contribution in [0.25, 0.3) is 0 Å². The SMILES string of the molecule is CC[S@@+]([O-])N[C@@](C)(CCC1(F)C(=O)OC(C)(C)OC1=O)c1ccccc1F. The van der Waals surface area contributed by atoms with Gasteiger partial charge in [0.2, 0.25) is 0 Å².